The number of benzene rings is 1. The van der Waals surface area contributed by atoms with Crippen LogP contribution in [0.4, 0.5) is 5.69 Å². The molecule has 1 aliphatic heterocycles. The Labute approximate surface area is 120 Å². The maximum absolute atomic E-state index is 12.0. The Morgan fingerprint density at radius 2 is 2.25 bits per heavy atom. The van der Waals surface area contributed by atoms with Crippen molar-refractivity contribution in [2.45, 2.75) is 45.8 Å². The van der Waals surface area contributed by atoms with Crippen molar-refractivity contribution in [1.29, 1.82) is 0 Å². The topological polar surface area (TPSA) is 47.6 Å². The van der Waals surface area contributed by atoms with E-state index in [1.807, 2.05) is 32.0 Å². The summed E-state index contributed by atoms with van der Waals surface area (Å²) in [5.74, 6) is -0.119. The average molecular weight is 277 g/mol. The van der Waals surface area contributed by atoms with E-state index in [2.05, 4.69) is 5.32 Å². The van der Waals surface area contributed by atoms with E-state index in [-0.39, 0.29) is 12.0 Å². The first-order valence-electron chi connectivity index (χ1n) is 7.17. The Balaban J connectivity index is 1.81. The van der Waals surface area contributed by atoms with Crippen LogP contribution in [0.2, 0.25) is 0 Å². The van der Waals surface area contributed by atoms with Gasteiger partial charge in [0.15, 0.2) is 0 Å². The summed E-state index contributed by atoms with van der Waals surface area (Å²) in [5.41, 5.74) is 3.19. The molecule has 1 heterocycles. The van der Waals surface area contributed by atoms with E-state index >= 15 is 0 Å². The Morgan fingerprint density at radius 1 is 1.45 bits per heavy atom. The Hall–Kier alpha value is -1.39. The highest BCUT2D eigenvalue weighted by molar-refractivity contribution is 5.94. The molecule has 0 unspecified atom stereocenters. The van der Waals surface area contributed by atoms with E-state index in [0.717, 1.165) is 30.7 Å². The van der Waals surface area contributed by atoms with E-state index in [0.29, 0.717) is 6.61 Å². The first-order chi connectivity index (χ1) is 9.56. The molecule has 0 saturated carbocycles. The second-order valence-corrected chi connectivity index (χ2v) is 5.40. The second kappa shape index (κ2) is 6.86. The maximum atomic E-state index is 12.0. The number of anilines is 1. The summed E-state index contributed by atoms with van der Waals surface area (Å²) in [6.07, 6.45) is 1.77. The van der Waals surface area contributed by atoms with Crippen LogP contribution in [0, 0.1) is 13.8 Å². The molecule has 0 aromatic heterocycles. The predicted molar refractivity (Wildman–Crippen MR) is 78.9 cm³/mol. The van der Waals surface area contributed by atoms with Gasteiger partial charge in [-0.3, -0.25) is 4.79 Å². The number of hydrogen-bond donors (Lipinski definition) is 1. The van der Waals surface area contributed by atoms with Gasteiger partial charge < -0.3 is 14.8 Å². The number of hydrogen-bond acceptors (Lipinski definition) is 3. The lowest BCUT2D eigenvalue weighted by molar-refractivity contribution is -0.128. The number of rotatable bonds is 5. The van der Waals surface area contributed by atoms with Gasteiger partial charge in [-0.2, -0.15) is 0 Å². The molecule has 2 atom stereocenters. The number of amides is 1. The van der Waals surface area contributed by atoms with E-state index in [9.17, 15) is 4.79 Å². The lowest BCUT2D eigenvalue weighted by Gasteiger charge is -2.16. The quantitative estimate of drug-likeness (QED) is 0.900. The van der Waals surface area contributed by atoms with Crippen molar-refractivity contribution in [3.05, 3.63) is 29.3 Å². The number of nitrogens with one attached hydrogen (secondary N) is 1. The predicted octanol–water partition coefficient (Wildman–Crippen LogP) is 2.83. The summed E-state index contributed by atoms with van der Waals surface area (Å²) >= 11 is 0. The SMILES string of the molecule is Cc1ccc(NC(=O)[C@H](C)OC[C@@H]2CCCO2)cc1C. The first kappa shape index (κ1) is 15.0. The van der Waals surface area contributed by atoms with Crippen LogP contribution in [0.1, 0.15) is 30.9 Å². The zero-order chi connectivity index (χ0) is 14.5. The van der Waals surface area contributed by atoms with Crippen molar-refractivity contribution in [2.75, 3.05) is 18.5 Å². The third-order valence-electron chi connectivity index (χ3n) is 3.70. The molecule has 20 heavy (non-hydrogen) atoms. The van der Waals surface area contributed by atoms with E-state index < -0.39 is 6.10 Å². The van der Waals surface area contributed by atoms with Crippen LogP contribution in [-0.2, 0) is 14.3 Å². The van der Waals surface area contributed by atoms with Crippen molar-refractivity contribution in [3.63, 3.8) is 0 Å². The maximum Gasteiger partial charge on any atom is 0.253 e. The zero-order valence-corrected chi connectivity index (χ0v) is 12.4. The van der Waals surface area contributed by atoms with Crippen LogP contribution in [0.3, 0.4) is 0 Å². The van der Waals surface area contributed by atoms with E-state index in [4.69, 9.17) is 9.47 Å². The van der Waals surface area contributed by atoms with Gasteiger partial charge in [0.1, 0.15) is 6.10 Å². The minimum absolute atomic E-state index is 0.119. The fourth-order valence-electron chi connectivity index (χ4n) is 2.17. The van der Waals surface area contributed by atoms with Crippen LogP contribution in [0.25, 0.3) is 0 Å². The number of aryl methyl sites for hydroxylation is 2. The molecule has 110 valence electrons. The largest absolute Gasteiger partial charge is 0.376 e. The Morgan fingerprint density at radius 3 is 2.90 bits per heavy atom. The van der Waals surface area contributed by atoms with Crippen molar-refractivity contribution in [2.24, 2.45) is 0 Å². The molecule has 4 nitrogen and oxygen atoms in total. The van der Waals surface area contributed by atoms with Crippen LogP contribution >= 0.6 is 0 Å². The number of carbonyl (C=O) groups is 1. The van der Waals surface area contributed by atoms with E-state index in [1.165, 1.54) is 5.56 Å². The van der Waals surface area contributed by atoms with Gasteiger partial charge in [0.2, 0.25) is 0 Å². The molecule has 1 fully saturated rings. The summed E-state index contributed by atoms with van der Waals surface area (Å²) < 4.78 is 11.1. The molecular weight excluding hydrogens is 254 g/mol. The molecule has 4 heteroatoms. The van der Waals surface area contributed by atoms with Gasteiger partial charge in [0, 0.05) is 12.3 Å². The highest BCUT2D eigenvalue weighted by Crippen LogP contribution is 2.16. The summed E-state index contributed by atoms with van der Waals surface area (Å²) in [4.78, 5) is 12.0. The van der Waals surface area contributed by atoms with Gasteiger partial charge in [-0.25, -0.2) is 0 Å². The summed E-state index contributed by atoms with van der Waals surface area (Å²) in [6, 6.07) is 5.88. The molecule has 1 aliphatic rings. The fourth-order valence-corrected chi connectivity index (χ4v) is 2.17. The molecule has 2 rings (SSSR count). The molecule has 1 aromatic rings. The van der Waals surface area contributed by atoms with E-state index in [1.54, 1.807) is 6.92 Å². The lowest BCUT2D eigenvalue weighted by atomic mass is 10.1. The Kier molecular flexibility index (Phi) is 5.15. The smallest absolute Gasteiger partial charge is 0.253 e. The van der Waals surface area contributed by atoms with Crippen LogP contribution in [-0.4, -0.2) is 31.3 Å². The molecule has 0 aliphatic carbocycles. The van der Waals surface area contributed by atoms with Crippen molar-refractivity contribution >= 4 is 11.6 Å². The average Bonchev–Trinajstić information content (AvgIpc) is 2.93. The molecule has 1 saturated heterocycles. The standard InChI is InChI=1S/C16H23NO3/c1-11-6-7-14(9-12(11)2)17-16(18)13(3)20-10-15-5-4-8-19-15/h6-7,9,13,15H,4-5,8,10H2,1-3H3,(H,17,18)/t13-,15-/m0/s1. The summed E-state index contributed by atoms with van der Waals surface area (Å²) in [7, 11) is 0. The highest BCUT2D eigenvalue weighted by Gasteiger charge is 2.19. The second-order valence-electron chi connectivity index (χ2n) is 5.40. The molecule has 0 bridgehead atoms. The number of ether oxygens (including phenoxy) is 2. The van der Waals surface area contributed by atoms with Gasteiger partial charge in [0.25, 0.3) is 5.91 Å². The van der Waals surface area contributed by atoms with Crippen LogP contribution in [0.5, 0.6) is 0 Å². The highest BCUT2D eigenvalue weighted by atomic mass is 16.5. The molecular formula is C16H23NO3. The minimum Gasteiger partial charge on any atom is -0.376 e. The zero-order valence-electron chi connectivity index (χ0n) is 12.4. The van der Waals surface area contributed by atoms with Crippen LogP contribution in [0.15, 0.2) is 18.2 Å². The third kappa shape index (κ3) is 4.05. The molecule has 1 N–H and O–H groups in total. The minimum atomic E-state index is -0.471. The Bertz CT molecular complexity index is 467. The van der Waals surface area contributed by atoms with Gasteiger partial charge in [0.05, 0.1) is 12.7 Å². The molecule has 0 radical (unpaired) electrons. The normalized spacial score (nSPS) is 19.9. The van der Waals surface area contributed by atoms with Gasteiger partial charge in [-0.05, 0) is 56.9 Å². The molecule has 1 aromatic carbocycles. The van der Waals surface area contributed by atoms with Crippen molar-refractivity contribution < 1.29 is 14.3 Å². The summed E-state index contributed by atoms with van der Waals surface area (Å²) in [6.45, 7) is 7.14. The first-order valence-corrected chi connectivity index (χ1v) is 7.17. The third-order valence-corrected chi connectivity index (χ3v) is 3.70. The van der Waals surface area contributed by atoms with Crippen molar-refractivity contribution in [1.82, 2.24) is 0 Å². The van der Waals surface area contributed by atoms with Gasteiger partial charge in [-0.15, -0.1) is 0 Å². The molecule has 1 amide bonds. The van der Waals surface area contributed by atoms with Crippen molar-refractivity contribution in [3.8, 4) is 0 Å². The number of carbonyl (C=O) groups excluding carboxylic acids is 1. The monoisotopic (exact) mass is 277 g/mol. The van der Waals surface area contributed by atoms with Gasteiger partial charge in [-0.1, -0.05) is 6.07 Å². The van der Waals surface area contributed by atoms with Crippen LogP contribution < -0.4 is 5.32 Å². The van der Waals surface area contributed by atoms with Gasteiger partial charge >= 0.3 is 0 Å². The summed E-state index contributed by atoms with van der Waals surface area (Å²) in [5, 5.41) is 2.88. The molecule has 0 spiro atoms. The fraction of sp³-hybridized carbons (Fsp3) is 0.562. The lowest BCUT2D eigenvalue weighted by Crippen LogP contribution is -2.30.